The third-order valence-corrected chi connectivity index (χ3v) is 2.90. The van der Waals surface area contributed by atoms with Crippen LogP contribution in [0.15, 0.2) is 18.2 Å². The molecule has 0 saturated heterocycles. The molecule has 0 spiro atoms. The van der Waals surface area contributed by atoms with Gasteiger partial charge in [0.1, 0.15) is 0 Å². The smallest absolute Gasteiger partial charge is 0.312 e. The van der Waals surface area contributed by atoms with Gasteiger partial charge < -0.3 is 4.90 Å². The van der Waals surface area contributed by atoms with E-state index in [0.29, 0.717) is 6.07 Å². The number of fused-ring (bicyclic) bond motifs is 1. The van der Waals surface area contributed by atoms with E-state index in [-0.39, 0.29) is 11.3 Å². The van der Waals surface area contributed by atoms with Gasteiger partial charge in [-0.15, -0.1) is 0 Å². The van der Waals surface area contributed by atoms with Crippen molar-refractivity contribution in [1.29, 1.82) is 0 Å². The molecule has 6 heteroatoms. The number of carbonyl (C=O) groups excluding carboxylic acids is 1. The molecule has 1 unspecified atom stereocenters. The summed E-state index contributed by atoms with van der Waals surface area (Å²) in [5.74, 6) is -0.855. The van der Waals surface area contributed by atoms with Crippen LogP contribution in [-0.2, 0) is 16.6 Å². The van der Waals surface area contributed by atoms with Crippen molar-refractivity contribution in [2.45, 2.75) is 18.8 Å². The minimum atomic E-state index is -4.55. The summed E-state index contributed by atoms with van der Waals surface area (Å²) in [6.45, 7) is 0.970. The van der Waals surface area contributed by atoms with Gasteiger partial charge in [-0.3, -0.25) is 4.79 Å². The Morgan fingerprint density at radius 1 is 1.29 bits per heavy atom. The molecule has 0 radical (unpaired) electrons. The van der Waals surface area contributed by atoms with Crippen molar-refractivity contribution in [2.24, 2.45) is 0 Å². The SMILES string of the molecule is CN1C(=O)C(C)(F)c2cc(C(F)(F)F)ccc21. The number of hydrogen-bond donors (Lipinski definition) is 0. The summed E-state index contributed by atoms with van der Waals surface area (Å²) in [5, 5.41) is 0. The van der Waals surface area contributed by atoms with E-state index in [1.54, 1.807) is 0 Å². The van der Waals surface area contributed by atoms with Crippen molar-refractivity contribution in [1.82, 2.24) is 0 Å². The minimum absolute atomic E-state index is 0.174. The molecule has 1 amide bonds. The van der Waals surface area contributed by atoms with Gasteiger partial charge in [-0.05, 0) is 25.1 Å². The molecule has 1 aromatic carbocycles. The van der Waals surface area contributed by atoms with Crippen molar-refractivity contribution in [3.05, 3.63) is 29.3 Å². The molecule has 1 aliphatic heterocycles. The number of nitrogens with zero attached hydrogens (tertiary/aromatic N) is 1. The van der Waals surface area contributed by atoms with E-state index in [1.807, 2.05) is 0 Å². The van der Waals surface area contributed by atoms with E-state index in [4.69, 9.17) is 0 Å². The Balaban J connectivity index is 2.63. The van der Waals surface area contributed by atoms with E-state index in [2.05, 4.69) is 0 Å². The van der Waals surface area contributed by atoms with Gasteiger partial charge in [0.05, 0.1) is 11.3 Å². The van der Waals surface area contributed by atoms with Gasteiger partial charge >= 0.3 is 6.18 Å². The number of hydrogen-bond acceptors (Lipinski definition) is 1. The summed E-state index contributed by atoms with van der Waals surface area (Å²) in [5.41, 5.74) is -3.42. The fraction of sp³-hybridized carbons (Fsp3) is 0.364. The predicted molar refractivity (Wildman–Crippen MR) is 53.3 cm³/mol. The Hall–Kier alpha value is -1.59. The average Bonchev–Trinajstić information content (AvgIpc) is 2.39. The van der Waals surface area contributed by atoms with E-state index < -0.39 is 23.3 Å². The summed E-state index contributed by atoms with van der Waals surface area (Å²) >= 11 is 0. The summed E-state index contributed by atoms with van der Waals surface area (Å²) in [6.07, 6.45) is -4.55. The van der Waals surface area contributed by atoms with E-state index in [1.165, 1.54) is 7.05 Å². The van der Waals surface area contributed by atoms with Crippen LogP contribution in [0.5, 0.6) is 0 Å². The van der Waals surface area contributed by atoms with Gasteiger partial charge in [-0.2, -0.15) is 13.2 Å². The summed E-state index contributed by atoms with van der Waals surface area (Å²) in [6, 6.07) is 2.64. The largest absolute Gasteiger partial charge is 0.416 e. The van der Waals surface area contributed by atoms with Crippen LogP contribution in [0.25, 0.3) is 0 Å². The lowest BCUT2D eigenvalue weighted by Gasteiger charge is -2.13. The minimum Gasteiger partial charge on any atom is -0.312 e. The number of anilines is 1. The standard InChI is InChI=1S/C11H9F4NO/c1-10(12)7-5-6(11(13,14)15)3-4-8(7)16(2)9(10)17/h3-5H,1-2H3. The van der Waals surface area contributed by atoms with Crippen LogP contribution < -0.4 is 4.90 Å². The molecule has 1 aromatic rings. The number of benzene rings is 1. The van der Waals surface area contributed by atoms with Crippen molar-refractivity contribution >= 4 is 11.6 Å². The molecule has 2 rings (SSSR count). The molecule has 0 aromatic heterocycles. The Morgan fingerprint density at radius 2 is 1.88 bits per heavy atom. The first-order chi connectivity index (χ1) is 7.65. The molecule has 1 aliphatic rings. The number of rotatable bonds is 0. The molecular formula is C11H9F4NO. The second-order valence-electron chi connectivity index (χ2n) is 4.10. The van der Waals surface area contributed by atoms with Gasteiger partial charge in [0, 0.05) is 12.6 Å². The third-order valence-electron chi connectivity index (χ3n) is 2.90. The van der Waals surface area contributed by atoms with Crippen LogP contribution in [0, 0.1) is 0 Å². The van der Waals surface area contributed by atoms with Crippen molar-refractivity contribution in [3.63, 3.8) is 0 Å². The first kappa shape index (κ1) is 11.9. The highest BCUT2D eigenvalue weighted by Crippen LogP contribution is 2.44. The van der Waals surface area contributed by atoms with Crippen LogP contribution in [0.3, 0.4) is 0 Å². The second-order valence-corrected chi connectivity index (χ2v) is 4.10. The van der Waals surface area contributed by atoms with Crippen LogP contribution in [-0.4, -0.2) is 13.0 Å². The second kappa shape index (κ2) is 3.21. The summed E-state index contributed by atoms with van der Waals surface area (Å²) in [4.78, 5) is 12.5. The molecule has 0 N–H and O–H groups in total. The first-order valence-electron chi connectivity index (χ1n) is 4.84. The highest BCUT2D eigenvalue weighted by atomic mass is 19.4. The number of amides is 1. The Morgan fingerprint density at radius 3 is 2.41 bits per heavy atom. The van der Waals surface area contributed by atoms with E-state index in [0.717, 1.165) is 24.0 Å². The molecule has 1 atom stereocenters. The molecule has 92 valence electrons. The van der Waals surface area contributed by atoms with E-state index >= 15 is 0 Å². The molecule has 0 saturated carbocycles. The lowest BCUT2D eigenvalue weighted by molar-refractivity contribution is -0.138. The zero-order chi connectivity index (χ0) is 13.0. The molecule has 0 bridgehead atoms. The van der Waals surface area contributed by atoms with Gasteiger partial charge in [0.25, 0.3) is 5.91 Å². The van der Waals surface area contributed by atoms with Gasteiger partial charge in [-0.1, -0.05) is 0 Å². The highest BCUT2D eigenvalue weighted by molar-refractivity contribution is 6.06. The molecule has 0 fully saturated rings. The first-order valence-corrected chi connectivity index (χ1v) is 4.84. The number of likely N-dealkylation sites (N-methyl/N-ethyl adjacent to an activating group) is 1. The maximum absolute atomic E-state index is 14.1. The van der Waals surface area contributed by atoms with Gasteiger partial charge in [0.15, 0.2) is 0 Å². The van der Waals surface area contributed by atoms with Crippen LogP contribution in [0.1, 0.15) is 18.1 Å². The van der Waals surface area contributed by atoms with Crippen molar-refractivity contribution in [2.75, 3.05) is 11.9 Å². The zero-order valence-electron chi connectivity index (χ0n) is 9.10. The Labute approximate surface area is 94.8 Å². The fourth-order valence-electron chi connectivity index (χ4n) is 1.92. The molecule has 1 heterocycles. The highest BCUT2D eigenvalue weighted by Gasteiger charge is 2.47. The summed E-state index contributed by atoms with van der Waals surface area (Å²) in [7, 11) is 1.33. The average molecular weight is 247 g/mol. The molecular weight excluding hydrogens is 238 g/mol. The number of halogens is 4. The number of carbonyl (C=O) groups is 1. The molecule has 0 aliphatic carbocycles. The number of alkyl halides is 4. The summed E-state index contributed by atoms with van der Waals surface area (Å²) < 4.78 is 51.5. The van der Waals surface area contributed by atoms with E-state index in [9.17, 15) is 22.4 Å². The van der Waals surface area contributed by atoms with Crippen LogP contribution in [0.2, 0.25) is 0 Å². The molecule has 2 nitrogen and oxygen atoms in total. The lowest BCUT2D eigenvalue weighted by Crippen LogP contribution is -2.32. The fourth-order valence-corrected chi connectivity index (χ4v) is 1.92. The van der Waals surface area contributed by atoms with Gasteiger partial charge in [0.2, 0.25) is 5.67 Å². The van der Waals surface area contributed by atoms with Crippen LogP contribution in [0.4, 0.5) is 23.2 Å². The molecule has 17 heavy (non-hydrogen) atoms. The van der Waals surface area contributed by atoms with Crippen molar-refractivity contribution < 1.29 is 22.4 Å². The predicted octanol–water partition coefficient (Wildman–Crippen LogP) is 2.87. The monoisotopic (exact) mass is 247 g/mol. The maximum Gasteiger partial charge on any atom is 0.416 e. The lowest BCUT2D eigenvalue weighted by atomic mass is 9.97. The van der Waals surface area contributed by atoms with Gasteiger partial charge in [-0.25, -0.2) is 4.39 Å². The zero-order valence-corrected chi connectivity index (χ0v) is 9.10. The third kappa shape index (κ3) is 1.59. The Kier molecular flexibility index (Phi) is 2.24. The maximum atomic E-state index is 14.1. The van der Waals surface area contributed by atoms with Crippen molar-refractivity contribution in [3.8, 4) is 0 Å². The van der Waals surface area contributed by atoms with Crippen LogP contribution >= 0.6 is 0 Å². The normalized spacial score (nSPS) is 24.1. The topological polar surface area (TPSA) is 20.3 Å². The Bertz CT molecular complexity index is 493. The quantitative estimate of drug-likeness (QED) is 0.645.